The van der Waals surface area contributed by atoms with Crippen LogP contribution in [-0.4, -0.2) is 0 Å². The molecular formula is C50H54N2. The van der Waals surface area contributed by atoms with Crippen LogP contribution >= 0.6 is 0 Å². The highest BCUT2D eigenvalue weighted by Gasteiger charge is 2.19. The molecule has 264 valence electrons. The molecule has 2 atom stereocenters. The average molecular weight is 683 g/mol. The second kappa shape index (κ2) is 16.2. The van der Waals surface area contributed by atoms with Crippen LogP contribution in [0.2, 0.25) is 0 Å². The fourth-order valence-electron chi connectivity index (χ4n) is 7.08. The summed E-state index contributed by atoms with van der Waals surface area (Å²) >= 11 is 0. The van der Waals surface area contributed by atoms with E-state index < -0.39 is 0 Å². The Morgan fingerprint density at radius 2 is 0.769 bits per heavy atom. The zero-order chi connectivity index (χ0) is 37.7. The van der Waals surface area contributed by atoms with Crippen molar-refractivity contribution in [3.63, 3.8) is 0 Å². The molecule has 6 aromatic rings. The van der Waals surface area contributed by atoms with E-state index in [9.17, 15) is 0 Å². The first-order chi connectivity index (χ1) is 24.7. The van der Waals surface area contributed by atoms with Gasteiger partial charge in [-0.2, -0.15) is 0 Å². The molecule has 0 radical (unpaired) electrons. The number of aryl methyl sites for hydroxylation is 6. The molecule has 0 saturated heterocycles. The van der Waals surface area contributed by atoms with Crippen LogP contribution in [0.1, 0.15) is 104 Å². The van der Waals surface area contributed by atoms with Crippen LogP contribution in [0.4, 0.5) is 11.4 Å². The molecule has 4 N–H and O–H groups in total. The van der Waals surface area contributed by atoms with Gasteiger partial charge in [0.05, 0.1) is 0 Å². The maximum absolute atomic E-state index is 6.70. The fourth-order valence-corrected chi connectivity index (χ4v) is 7.08. The highest BCUT2D eigenvalue weighted by atomic mass is 14.6. The first kappa shape index (κ1) is 37.7. The second-order valence-corrected chi connectivity index (χ2v) is 14.6. The van der Waals surface area contributed by atoms with E-state index in [0.29, 0.717) is 0 Å². The number of rotatable bonds is 8. The number of hydrogen-bond acceptors (Lipinski definition) is 2. The second-order valence-electron chi connectivity index (χ2n) is 14.6. The van der Waals surface area contributed by atoms with Gasteiger partial charge in [0.25, 0.3) is 0 Å². The molecule has 0 aliphatic carbocycles. The van der Waals surface area contributed by atoms with Gasteiger partial charge in [-0.25, -0.2) is 0 Å². The van der Waals surface area contributed by atoms with Gasteiger partial charge in [0.2, 0.25) is 0 Å². The Morgan fingerprint density at radius 3 is 1.13 bits per heavy atom. The third kappa shape index (κ3) is 8.64. The Bertz CT molecular complexity index is 2100. The molecule has 0 amide bonds. The minimum atomic E-state index is 0.276. The van der Waals surface area contributed by atoms with Crippen LogP contribution in [0.5, 0.6) is 0 Å². The van der Waals surface area contributed by atoms with Crippen molar-refractivity contribution in [3.8, 4) is 0 Å². The van der Waals surface area contributed by atoms with Crippen molar-refractivity contribution in [2.75, 3.05) is 11.5 Å². The van der Waals surface area contributed by atoms with E-state index in [1.54, 1.807) is 0 Å². The van der Waals surface area contributed by atoms with Gasteiger partial charge < -0.3 is 11.5 Å². The quantitative estimate of drug-likeness (QED) is 0.157. The van der Waals surface area contributed by atoms with Gasteiger partial charge in [-0.3, -0.25) is 0 Å². The first-order valence-corrected chi connectivity index (χ1v) is 18.2. The maximum Gasteiger partial charge on any atom is 0.0473 e. The van der Waals surface area contributed by atoms with E-state index in [2.05, 4.69) is 190 Å². The van der Waals surface area contributed by atoms with Gasteiger partial charge in [-0.05, 0) is 104 Å². The molecule has 0 heterocycles. The minimum absolute atomic E-state index is 0.276. The molecule has 52 heavy (non-hydrogen) atoms. The molecule has 0 bridgehead atoms. The molecule has 2 nitrogen and oxygen atoms in total. The lowest BCUT2D eigenvalue weighted by Gasteiger charge is -2.22. The van der Waals surface area contributed by atoms with Crippen molar-refractivity contribution in [2.24, 2.45) is 0 Å². The molecule has 6 rings (SSSR count). The van der Waals surface area contributed by atoms with Crippen LogP contribution in [-0.2, 0) is 0 Å². The van der Waals surface area contributed by atoms with Crippen LogP contribution in [0.3, 0.4) is 0 Å². The Morgan fingerprint density at radius 1 is 0.423 bits per heavy atom. The minimum Gasteiger partial charge on any atom is -0.398 e. The zero-order valence-electron chi connectivity index (χ0n) is 32.3. The van der Waals surface area contributed by atoms with E-state index in [4.69, 9.17) is 11.5 Å². The molecule has 0 fully saturated rings. The average Bonchev–Trinajstić information content (AvgIpc) is 3.12. The molecule has 0 aliphatic rings. The molecule has 0 aliphatic heterocycles. The van der Waals surface area contributed by atoms with E-state index in [1.807, 2.05) is 0 Å². The SMILES string of the molecule is C=C(c1cccc(C)c1)c1cc(C)cc(C(=C)c2cccc(C)c2)c1N.Cc1cccc([C@@H](C)c2cc(C)cc([C@H](C)c3cccc(C)c3)c2N)c1. The molecule has 0 unspecified atom stereocenters. The van der Waals surface area contributed by atoms with E-state index in [-0.39, 0.29) is 11.8 Å². The van der Waals surface area contributed by atoms with Gasteiger partial charge in [-0.15, -0.1) is 0 Å². The van der Waals surface area contributed by atoms with Crippen molar-refractivity contribution in [2.45, 2.75) is 67.2 Å². The predicted octanol–water partition coefficient (Wildman–Crippen LogP) is 12.8. The number of nitrogen functional groups attached to an aromatic ring is 2. The normalized spacial score (nSPS) is 12.0. The van der Waals surface area contributed by atoms with Gasteiger partial charge in [0, 0.05) is 34.3 Å². The monoisotopic (exact) mass is 682 g/mol. The summed E-state index contributed by atoms with van der Waals surface area (Å²) in [5.74, 6) is 0.552. The van der Waals surface area contributed by atoms with Crippen LogP contribution in [0, 0.1) is 41.5 Å². The molecular weight excluding hydrogens is 629 g/mol. The zero-order valence-corrected chi connectivity index (χ0v) is 32.3. The van der Waals surface area contributed by atoms with Crippen molar-refractivity contribution in [1.82, 2.24) is 0 Å². The lowest BCUT2D eigenvalue weighted by Crippen LogP contribution is -2.08. The van der Waals surface area contributed by atoms with Crippen molar-refractivity contribution < 1.29 is 0 Å². The van der Waals surface area contributed by atoms with E-state index >= 15 is 0 Å². The third-order valence-corrected chi connectivity index (χ3v) is 10.1. The summed E-state index contributed by atoms with van der Waals surface area (Å²) in [5, 5.41) is 0. The fraction of sp³-hybridized carbons (Fsp3) is 0.200. The highest BCUT2D eigenvalue weighted by Crippen LogP contribution is 2.38. The number of benzene rings is 6. The van der Waals surface area contributed by atoms with Gasteiger partial charge in [-0.1, -0.05) is 164 Å². The summed E-state index contributed by atoms with van der Waals surface area (Å²) in [6.07, 6.45) is 0. The lowest BCUT2D eigenvalue weighted by molar-refractivity contribution is 0.887. The van der Waals surface area contributed by atoms with E-state index in [1.165, 1.54) is 50.1 Å². The summed E-state index contributed by atoms with van der Waals surface area (Å²) in [5.41, 5.74) is 33.4. The molecule has 0 saturated carbocycles. The third-order valence-electron chi connectivity index (χ3n) is 10.1. The molecule has 6 aromatic carbocycles. The number of nitrogens with two attached hydrogens (primary N) is 2. The summed E-state index contributed by atoms with van der Waals surface area (Å²) in [6.45, 7) is 25.8. The van der Waals surface area contributed by atoms with Crippen molar-refractivity contribution in [1.29, 1.82) is 0 Å². The summed E-state index contributed by atoms with van der Waals surface area (Å²) < 4.78 is 0. The highest BCUT2D eigenvalue weighted by molar-refractivity contribution is 5.93. The van der Waals surface area contributed by atoms with Gasteiger partial charge in [0.1, 0.15) is 0 Å². The van der Waals surface area contributed by atoms with Crippen LogP contribution < -0.4 is 11.5 Å². The van der Waals surface area contributed by atoms with E-state index in [0.717, 1.165) is 50.3 Å². The Hall–Kier alpha value is -5.60. The van der Waals surface area contributed by atoms with Crippen molar-refractivity contribution in [3.05, 3.63) is 212 Å². The summed E-state index contributed by atoms with van der Waals surface area (Å²) in [7, 11) is 0. The van der Waals surface area contributed by atoms with Gasteiger partial charge >= 0.3 is 0 Å². The first-order valence-electron chi connectivity index (χ1n) is 18.2. The predicted molar refractivity (Wildman–Crippen MR) is 227 cm³/mol. The smallest absolute Gasteiger partial charge is 0.0473 e. The van der Waals surface area contributed by atoms with Gasteiger partial charge in [0.15, 0.2) is 0 Å². The lowest BCUT2D eigenvalue weighted by atomic mass is 9.84. The number of anilines is 2. The summed E-state index contributed by atoms with van der Waals surface area (Å²) in [6, 6.07) is 42.8. The molecule has 0 spiro atoms. The molecule has 0 aromatic heterocycles. The summed E-state index contributed by atoms with van der Waals surface area (Å²) in [4.78, 5) is 0. The van der Waals surface area contributed by atoms with Crippen molar-refractivity contribution >= 4 is 22.5 Å². The van der Waals surface area contributed by atoms with Crippen LogP contribution in [0.15, 0.2) is 134 Å². The maximum atomic E-state index is 6.70. The Labute approximate surface area is 312 Å². The largest absolute Gasteiger partial charge is 0.398 e. The Kier molecular flexibility index (Phi) is 11.7. The van der Waals surface area contributed by atoms with Crippen LogP contribution in [0.25, 0.3) is 11.1 Å². The number of hydrogen-bond donors (Lipinski definition) is 2. The topological polar surface area (TPSA) is 52.0 Å². The Balaban J connectivity index is 0.000000201. The molecule has 2 heteroatoms. The standard InChI is InChI=1S/C25H29N.C25H25N/c2*1-16-8-6-10-21(12-16)19(4)23-14-18(3)15-24(25(23)26)20(5)22-11-7-9-17(2)13-22/h6-15,19-20H,26H2,1-5H3;6-15H,4-5,26H2,1-3H3/t19-,20-;/m1./s1.